The molecule has 0 saturated heterocycles. The van der Waals surface area contributed by atoms with Gasteiger partial charge in [0.2, 0.25) is 11.8 Å². The molecule has 0 aliphatic carbocycles. The van der Waals surface area contributed by atoms with Crippen LogP contribution >= 0.6 is 0 Å². The van der Waals surface area contributed by atoms with Crippen LogP contribution in [0.25, 0.3) is 0 Å². The van der Waals surface area contributed by atoms with E-state index in [-0.39, 0.29) is 12.8 Å². The summed E-state index contributed by atoms with van der Waals surface area (Å²) in [5.74, 6) is -3.05. The molecule has 154 valence electrons. The fourth-order valence-corrected chi connectivity index (χ4v) is 2.60. The maximum absolute atomic E-state index is 12.6. The summed E-state index contributed by atoms with van der Waals surface area (Å²) in [7, 11) is 1.48. The van der Waals surface area contributed by atoms with E-state index >= 15 is 0 Å². The number of carboxylic acid groups (broad SMARTS) is 1. The first-order chi connectivity index (χ1) is 13.2. The molecule has 1 aromatic carbocycles. The Morgan fingerprint density at radius 2 is 1.86 bits per heavy atom. The minimum Gasteiger partial charge on any atom is -0.496 e. The van der Waals surface area contributed by atoms with Crippen LogP contribution in [0.15, 0.2) is 18.2 Å². The first-order valence-corrected chi connectivity index (χ1v) is 8.75. The number of nitrogens with one attached hydrogen (secondary N) is 2. The number of amides is 2. The van der Waals surface area contributed by atoms with Crippen LogP contribution in [0.2, 0.25) is 0 Å². The molecule has 0 fully saturated rings. The molecule has 2 atom stereocenters. The van der Waals surface area contributed by atoms with E-state index in [0.29, 0.717) is 11.3 Å². The lowest BCUT2D eigenvalue weighted by Gasteiger charge is -2.21. The number of benzene rings is 1. The van der Waals surface area contributed by atoms with Gasteiger partial charge in [-0.15, -0.1) is 0 Å². The second-order valence-electron chi connectivity index (χ2n) is 6.28. The van der Waals surface area contributed by atoms with Crippen molar-refractivity contribution in [3.05, 3.63) is 29.3 Å². The number of carbonyl (C=O) groups is 4. The lowest BCUT2D eigenvalue weighted by atomic mass is 10.1. The normalized spacial score (nSPS) is 12.6. The summed E-state index contributed by atoms with van der Waals surface area (Å²) >= 11 is 0. The van der Waals surface area contributed by atoms with Crippen LogP contribution in [0.4, 0.5) is 4.39 Å². The van der Waals surface area contributed by atoms with Crippen LogP contribution in [0, 0.1) is 6.92 Å². The van der Waals surface area contributed by atoms with Crippen molar-refractivity contribution in [2.24, 2.45) is 0 Å². The highest BCUT2D eigenvalue weighted by atomic mass is 19.1. The summed E-state index contributed by atoms with van der Waals surface area (Å²) in [4.78, 5) is 47.0. The van der Waals surface area contributed by atoms with Crippen LogP contribution < -0.4 is 15.4 Å². The van der Waals surface area contributed by atoms with Gasteiger partial charge >= 0.3 is 5.97 Å². The third-order valence-corrected chi connectivity index (χ3v) is 4.06. The standard InChI is InChI=1S/C19H25FN2O6/c1-4-13(19(27)22-14(9-18(25)26)15(23)10-20)21-17(24)8-12-7-11(2)5-6-16(12)28-3/h5-7,13-14H,4,8-10H2,1-3H3,(H,21,24)(H,22,27)(H,25,26)/t13-,14?/m0/s1. The summed E-state index contributed by atoms with van der Waals surface area (Å²) in [5, 5.41) is 13.6. The molecule has 3 N–H and O–H groups in total. The van der Waals surface area contributed by atoms with Crippen LogP contribution in [0.5, 0.6) is 5.75 Å². The lowest BCUT2D eigenvalue weighted by Crippen LogP contribution is -2.52. The molecule has 0 aliphatic heterocycles. The number of carboxylic acids is 1. The second-order valence-corrected chi connectivity index (χ2v) is 6.28. The minimum absolute atomic E-state index is 0.0312. The Morgan fingerprint density at radius 3 is 2.39 bits per heavy atom. The average molecular weight is 396 g/mol. The maximum Gasteiger partial charge on any atom is 0.305 e. The summed E-state index contributed by atoms with van der Waals surface area (Å²) < 4.78 is 17.8. The van der Waals surface area contributed by atoms with E-state index in [0.717, 1.165) is 5.56 Å². The van der Waals surface area contributed by atoms with Crippen LogP contribution in [0.3, 0.4) is 0 Å². The Balaban J connectivity index is 2.80. The Kier molecular flexibility index (Phi) is 9.07. The molecule has 0 bridgehead atoms. The zero-order valence-electron chi connectivity index (χ0n) is 16.1. The van der Waals surface area contributed by atoms with Crippen molar-refractivity contribution in [2.75, 3.05) is 13.8 Å². The summed E-state index contributed by atoms with van der Waals surface area (Å²) in [6.45, 7) is 2.11. The van der Waals surface area contributed by atoms with Crippen molar-refractivity contribution in [2.45, 2.75) is 45.2 Å². The molecular formula is C19H25FN2O6. The fourth-order valence-electron chi connectivity index (χ4n) is 2.60. The van der Waals surface area contributed by atoms with E-state index in [1.54, 1.807) is 19.1 Å². The van der Waals surface area contributed by atoms with Crippen molar-refractivity contribution in [1.29, 1.82) is 0 Å². The number of ether oxygens (including phenoxy) is 1. The molecule has 9 heteroatoms. The SMILES string of the molecule is CC[C@H](NC(=O)Cc1cc(C)ccc1OC)C(=O)NC(CC(=O)O)C(=O)CF. The molecule has 1 rings (SSSR count). The lowest BCUT2D eigenvalue weighted by molar-refractivity contribution is -0.140. The Hall–Kier alpha value is -2.97. The van der Waals surface area contributed by atoms with Gasteiger partial charge in [-0.1, -0.05) is 24.6 Å². The molecule has 0 aromatic heterocycles. The monoisotopic (exact) mass is 396 g/mol. The molecule has 0 radical (unpaired) electrons. The zero-order valence-corrected chi connectivity index (χ0v) is 16.1. The third kappa shape index (κ3) is 6.98. The number of hydrogen-bond donors (Lipinski definition) is 3. The van der Waals surface area contributed by atoms with Gasteiger partial charge in [-0.25, -0.2) is 4.39 Å². The summed E-state index contributed by atoms with van der Waals surface area (Å²) in [6.07, 6.45) is -0.567. The number of methoxy groups -OCH3 is 1. The van der Waals surface area contributed by atoms with Crippen molar-refractivity contribution < 1.29 is 33.4 Å². The number of aryl methyl sites for hydroxylation is 1. The Labute approximate surface area is 162 Å². The van der Waals surface area contributed by atoms with E-state index in [1.165, 1.54) is 7.11 Å². The third-order valence-electron chi connectivity index (χ3n) is 4.06. The molecular weight excluding hydrogens is 371 g/mol. The molecule has 1 unspecified atom stereocenters. The van der Waals surface area contributed by atoms with Crippen molar-refractivity contribution in [3.8, 4) is 5.75 Å². The molecule has 0 heterocycles. The molecule has 0 aliphatic rings. The number of carbonyl (C=O) groups excluding carboxylic acids is 3. The predicted octanol–water partition coefficient (Wildman–Crippen LogP) is 0.939. The first-order valence-electron chi connectivity index (χ1n) is 8.75. The fraction of sp³-hybridized carbons (Fsp3) is 0.474. The number of alkyl halides is 1. The highest BCUT2D eigenvalue weighted by Crippen LogP contribution is 2.20. The predicted molar refractivity (Wildman–Crippen MR) is 98.8 cm³/mol. The number of hydrogen-bond acceptors (Lipinski definition) is 5. The highest BCUT2D eigenvalue weighted by Gasteiger charge is 2.27. The van der Waals surface area contributed by atoms with Crippen LogP contribution in [-0.2, 0) is 25.6 Å². The maximum atomic E-state index is 12.6. The molecule has 1 aromatic rings. The molecule has 28 heavy (non-hydrogen) atoms. The quantitative estimate of drug-likeness (QED) is 0.512. The number of rotatable bonds is 11. The van der Waals surface area contributed by atoms with Crippen molar-refractivity contribution >= 4 is 23.6 Å². The van der Waals surface area contributed by atoms with Gasteiger partial charge in [-0.2, -0.15) is 0 Å². The van der Waals surface area contributed by atoms with Crippen LogP contribution in [-0.4, -0.2) is 54.5 Å². The Morgan fingerprint density at radius 1 is 1.18 bits per heavy atom. The number of aliphatic carboxylic acids is 1. The van der Waals surface area contributed by atoms with Gasteiger partial charge < -0.3 is 20.5 Å². The molecule has 0 saturated carbocycles. The molecule has 8 nitrogen and oxygen atoms in total. The van der Waals surface area contributed by atoms with E-state index in [9.17, 15) is 23.6 Å². The van der Waals surface area contributed by atoms with Gasteiger partial charge in [-0.3, -0.25) is 19.2 Å². The second kappa shape index (κ2) is 11.0. The van der Waals surface area contributed by atoms with E-state index in [2.05, 4.69) is 10.6 Å². The van der Waals surface area contributed by atoms with Gasteiger partial charge in [0.25, 0.3) is 0 Å². The summed E-state index contributed by atoms with van der Waals surface area (Å²) in [5.41, 5.74) is 1.58. The smallest absolute Gasteiger partial charge is 0.305 e. The number of Topliss-reactive ketones (excluding diaryl/α,β-unsaturated/α-hetero) is 1. The van der Waals surface area contributed by atoms with E-state index < -0.39 is 48.7 Å². The molecule has 2 amide bonds. The zero-order chi connectivity index (χ0) is 21.3. The van der Waals surface area contributed by atoms with Crippen molar-refractivity contribution in [3.63, 3.8) is 0 Å². The first kappa shape index (κ1) is 23.1. The minimum atomic E-state index is -1.49. The Bertz CT molecular complexity index is 737. The van der Waals surface area contributed by atoms with Crippen LogP contribution in [0.1, 0.15) is 30.9 Å². The molecule has 0 spiro atoms. The van der Waals surface area contributed by atoms with Gasteiger partial charge in [0.1, 0.15) is 24.5 Å². The number of halogens is 1. The topological polar surface area (TPSA) is 122 Å². The van der Waals surface area contributed by atoms with Gasteiger partial charge in [0.05, 0.1) is 20.0 Å². The van der Waals surface area contributed by atoms with Gasteiger partial charge in [-0.05, 0) is 19.4 Å². The van der Waals surface area contributed by atoms with Crippen molar-refractivity contribution in [1.82, 2.24) is 10.6 Å². The average Bonchev–Trinajstić information content (AvgIpc) is 2.64. The van der Waals surface area contributed by atoms with E-state index in [1.807, 2.05) is 13.0 Å². The highest BCUT2D eigenvalue weighted by molar-refractivity contribution is 5.95. The van der Waals surface area contributed by atoms with Gasteiger partial charge in [0, 0.05) is 5.56 Å². The van der Waals surface area contributed by atoms with Gasteiger partial charge in [0.15, 0.2) is 5.78 Å². The number of ketones is 1. The van der Waals surface area contributed by atoms with E-state index in [4.69, 9.17) is 9.84 Å². The largest absolute Gasteiger partial charge is 0.496 e. The summed E-state index contributed by atoms with van der Waals surface area (Å²) in [6, 6.07) is 2.89.